The van der Waals surface area contributed by atoms with Gasteiger partial charge in [-0.2, -0.15) is 16.7 Å². The summed E-state index contributed by atoms with van der Waals surface area (Å²) in [7, 11) is 0. The molecule has 1 heterocycles. The smallest absolute Gasteiger partial charge is 0.260 e. The van der Waals surface area contributed by atoms with Gasteiger partial charge in [0.25, 0.3) is 5.89 Å². The van der Waals surface area contributed by atoms with Crippen molar-refractivity contribution in [1.29, 1.82) is 0 Å². The van der Waals surface area contributed by atoms with Crippen LogP contribution in [0.15, 0.2) is 22.7 Å². The van der Waals surface area contributed by atoms with Crippen LogP contribution < -0.4 is 5.73 Å². The molecule has 1 aromatic carbocycles. The van der Waals surface area contributed by atoms with Gasteiger partial charge in [-0.15, -0.1) is 0 Å². The quantitative estimate of drug-likeness (QED) is 0.833. The Labute approximate surface area is 96.0 Å². The van der Waals surface area contributed by atoms with Gasteiger partial charge in [-0.05, 0) is 24.5 Å². The van der Waals surface area contributed by atoms with E-state index in [0.29, 0.717) is 17.3 Å². The van der Waals surface area contributed by atoms with E-state index in [0.717, 1.165) is 0 Å². The molecule has 84 valence electrons. The maximum Gasteiger partial charge on any atom is 0.260 e. The zero-order valence-electron chi connectivity index (χ0n) is 8.61. The summed E-state index contributed by atoms with van der Waals surface area (Å²) in [6.07, 6.45) is 1.93. The van der Waals surface area contributed by atoms with Gasteiger partial charge >= 0.3 is 0 Å². The van der Waals surface area contributed by atoms with Crippen LogP contribution in [-0.4, -0.2) is 16.4 Å². The molecular weight excluding hydrogens is 229 g/mol. The molecule has 6 heteroatoms. The number of nitrogens with two attached hydrogens (primary N) is 1. The lowest BCUT2D eigenvalue weighted by atomic mass is 10.2. The van der Waals surface area contributed by atoms with E-state index in [9.17, 15) is 4.39 Å². The fourth-order valence-corrected chi connectivity index (χ4v) is 1.63. The van der Waals surface area contributed by atoms with Crippen LogP contribution in [0.4, 0.5) is 10.1 Å². The van der Waals surface area contributed by atoms with Gasteiger partial charge in [-0.3, -0.25) is 0 Å². The molecule has 0 unspecified atom stereocenters. The highest BCUT2D eigenvalue weighted by molar-refractivity contribution is 7.97. The number of hydrogen-bond acceptors (Lipinski definition) is 5. The number of anilines is 1. The van der Waals surface area contributed by atoms with Crippen molar-refractivity contribution < 1.29 is 8.91 Å². The van der Waals surface area contributed by atoms with Gasteiger partial charge in [-0.25, -0.2) is 4.39 Å². The van der Waals surface area contributed by atoms with Gasteiger partial charge < -0.3 is 10.3 Å². The third kappa shape index (κ3) is 2.16. The number of halogens is 1. The summed E-state index contributed by atoms with van der Waals surface area (Å²) in [6.45, 7) is 0. The monoisotopic (exact) mass is 239 g/mol. The molecule has 0 saturated heterocycles. The van der Waals surface area contributed by atoms with Crippen molar-refractivity contribution in [2.24, 2.45) is 0 Å². The van der Waals surface area contributed by atoms with Gasteiger partial charge in [-0.1, -0.05) is 5.16 Å². The predicted molar refractivity (Wildman–Crippen MR) is 61.3 cm³/mol. The van der Waals surface area contributed by atoms with Crippen molar-refractivity contribution >= 4 is 17.4 Å². The number of benzene rings is 1. The second kappa shape index (κ2) is 4.52. The van der Waals surface area contributed by atoms with Gasteiger partial charge in [0.15, 0.2) is 5.82 Å². The number of nitrogen functional groups attached to an aromatic ring is 1. The van der Waals surface area contributed by atoms with Gasteiger partial charge in [0, 0.05) is 5.69 Å². The lowest BCUT2D eigenvalue weighted by Crippen LogP contribution is -1.90. The number of rotatable bonds is 3. The van der Waals surface area contributed by atoms with Crippen molar-refractivity contribution in [2.75, 3.05) is 12.0 Å². The summed E-state index contributed by atoms with van der Waals surface area (Å²) in [5.41, 5.74) is 6.09. The minimum Gasteiger partial charge on any atom is -0.399 e. The first-order valence-electron chi connectivity index (χ1n) is 4.57. The predicted octanol–water partition coefficient (Wildman–Crippen LogP) is 2.32. The Morgan fingerprint density at radius 3 is 3.00 bits per heavy atom. The van der Waals surface area contributed by atoms with Gasteiger partial charge in [0.2, 0.25) is 0 Å². The van der Waals surface area contributed by atoms with Crippen molar-refractivity contribution in [3.63, 3.8) is 0 Å². The molecule has 0 atom stereocenters. The maximum atomic E-state index is 13.5. The molecular formula is C10H10FN3OS. The first-order valence-corrected chi connectivity index (χ1v) is 5.97. The molecule has 0 spiro atoms. The zero-order chi connectivity index (χ0) is 11.5. The van der Waals surface area contributed by atoms with Crippen molar-refractivity contribution in [3.05, 3.63) is 29.8 Å². The molecule has 0 radical (unpaired) electrons. The van der Waals surface area contributed by atoms with Crippen molar-refractivity contribution in [3.8, 4) is 11.5 Å². The Morgan fingerprint density at radius 2 is 2.31 bits per heavy atom. The third-order valence-electron chi connectivity index (χ3n) is 1.97. The first-order chi connectivity index (χ1) is 7.70. The molecule has 1 aromatic heterocycles. The number of nitrogens with zero attached hydrogens (tertiary/aromatic N) is 2. The largest absolute Gasteiger partial charge is 0.399 e. The van der Waals surface area contributed by atoms with Crippen LogP contribution in [0.5, 0.6) is 0 Å². The molecule has 2 aromatic rings. The average molecular weight is 239 g/mol. The highest BCUT2D eigenvalue weighted by atomic mass is 32.2. The molecule has 16 heavy (non-hydrogen) atoms. The average Bonchev–Trinajstić information content (AvgIpc) is 2.67. The molecule has 2 rings (SSSR count). The Hall–Kier alpha value is -1.56. The summed E-state index contributed by atoms with van der Waals surface area (Å²) in [4.78, 5) is 4.08. The highest BCUT2D eigenvalue weighted by Crippen LogP contribution is 2.23. The van der Waals surface area contributed by atoms with Crippen LogP contribution in [0.2, 0.25) is 0 Å². The summed E-state index contributed by atoms with van der Waals surface area (Å²) in [5.74, 6) is 0.916. The van der Waals surface area contributed by atoms with E-state index < -0.39 is 5.82 Å². The van der Waals surface area contributed by atoms with Crippen LogP contribution in [0.1, 0.15) is 5.82 Å². The fraction of sp³-hybridized carbons (Fsp3) is 0.200. The molecule has 0 aliphatic heterocycles. The van der Waals surface area contributed by atoms with E-state index in [1.165, 1.54) is 12.1 Å². The topological polar surface area (TPSA) is 64.9 Å². The standard InChI is InChI=1S/C10H10FN3OS/c1-16-5-9-13-10(15-14-9)7-3-2-6(12)4-8(7)11/h2-4H,5,12H2,1H3. The normalized spacial score (nSPS) is 10.6. The summed E-state index contributed by atoms with van der Waals surface area (Å²) < 4.78 is 18.5. The van der Waals surface area contributed by atoms with Crippen LogP contribution in [0.3, 0.4) is 0 Å². The molecule has 0 aliphatic carbocycles. The number of hydrogen-bond donors (Lipinski definition) is 1. The zero-order valence-corrected chi connectivity index (χ0v) is 9.42. The van der Waals surface area contributed by atoms with Gasteiger partial charge in [0.05, 0.1) is 11.3 Å². The summed E-state index contributed by atoms with van der Waals surface area (Å²) in [6, 6.07) is 4.35. The Kier molecular flexibility index (Phi) is 3.09. The van der Waals surface area contributed by atoms with E-state index in [4.69, 9.17) is 10.3 Å². The Morgan fingerprint density at radius 1 is 1.50 bits per heavy atom. The SMILES string of the molecule is CSCc1noc(-c2ccc(N)cc2F)n1. The van der Waals surface area contributed by atoms with E-state index in [2.05, 4.69) is 10.1 Å². The van der Waals surface area contributed by atoms with E-state index in [-0.39, 0.29) is 11.5 Å². The van der Waals surface area contributed by atoms with Crippen molar-refractivity contribution in [2.45, 2.75) is 5.75 Å². The second-order valence-corrected chi connectivity index (χ2v) is 4.05. The van der Waals surface area contributed by atoms with E-state index in [1.54, 1.807) is 17.8 Å². The van der Waals surface area contributed by atoms with E-state index >= 15 is 0 Å². The maximum absolute atomic E-state index is 13.5. The minimum atomic E-state index is -0.459. The van der Waals surface area contributed by atoms with Crippen molar-refractivity contribution in [1.82, 2.24) is 10.1 Å². The molecule has 2 N–H and O–H groups in total. The second-order valence-electron chi connectivity index (χ2n) is 3.19. The molecule has 0 bridgehead atoms. The van der Waals surface area contributed by atoms with Crippen LogP contribution in [-0.2, 0) is 5.75 Å². The molecule has 0 saturated carbocycles. The Bertz CT molecular complexity index is 501. The van der Waals surface area contributed by atoms with Crippen LogP contribution in [0, 0.1) is 5.82 Å². The first kappa shape index (κ1) is 10.9. The summed E-state index contributed by atoms with van der Waals surface area (Å²) in [5, 5.41) is 3.74. The molecule has 0 fully saturated rings. The minimum absolute atomic E-state index is 0.182. The number of thioether (sulfide) groups is 1. The van der Waals surface area contributed by atoms with E-state index in [1.807, 2.05) is 6.26 Å². The summed E-state index contributed by atoms with van der Waals surface area (Å²) >= 11 is 1.57. The third-order valence-corrected chi connectivity index (χ3v) is 2.51. The molecule has 0 amide bonds. The van der Waals surface area contributed by atoms with Crippen LogP contribution >= 0.6 is 11.8 Å². The lowest BCUT2D eigenvalue weighted by Gasteiger charge is -1.97. The lowest BCUT2D eigenvalue weighted by molar-refractivity contribution is 0.423. The Balaban J connectivity index is 2.35. The molecule has 0 aliphatic rings. The fourth-order valence-electron chi connectivity index (χ4n) is 1.26. The van der Waals surface area contributed by atoms with Crippen LogP contribution in [0.25, 0.3) is 11.5 Å². The molecule has 4 nitrogen and oxygen atoms in total. The highest BCUT2D eigenvalue weighted by Gasteiger charge is 2.12. The van der Waals surface area contributed by atoms with Gasteiger partial charge in [0.1, 0.15) is 5.82 Å². The number of aromatic nitrogens is 2.